The molecule has 1 rings (SSSR count). The normalized spacial score (nSPS) is 11.9. The highest BCUT2D eigenvalue weighted by atomic mass is 16.5. The zero-order chi connectivity index (χ0) is 14.1. The fourth-order valence-corrected chi connectivity index (χ4v) is 1.90. The lowest BCUT2D eigenvalue weighted by atomic mass is 10.1. The number of hydrogen-bond donors (Lipinski definition) is 0. The van der Waals surface area contributed by atoms with Crippen molar-refractivity contribution < 1.29 is 14.3 Å². The van der Waals surface area contributed by atoms with Gasteiger partial charge in [-0.25, -0.2) is 4.79 Å². The Bertz CT molecular complexity index is 370. The zero-order valence-corrected chi connectivity index (χ0v) is 12.1. The lowest BCUT2D eigenvalue weighted by Gasteiger charge is -2.13. The molecule has 0 N–H and O–H groups in total. The molecule has 0 heterocycles. The quantitative estimate of drug-likeness (QED) is 0.521. The summed E-state index contributed by atoms with van der Waals surface area (Å²) in [4.78, 5) is 11.9. The van der Waals surface area contributed by atoms with Crippen LogP contribution in [0.4, 0.5) is 0 Å². The summed E-state index contributed by atoms with van der Waals surface area (Å²) in [6.07, 6.45) is 5.71. The van der Waals surface area contributed by atoms with E-state index in [1.807, 2.05) is 6.92 Å². The minimum absolute atomic E-state index is 0.0218. The van der Waals surface area contributed by atoms with E-state index in [1.54, 1.807) is 31.4 Å². The molecular formula is C16H24O3. The molecule has 0 aliphatic rings. The van der Waals surface area contributed by atoms with Gasteiger partial charge < -0.3 is 9.47 Å². The molecule has 0 saturated heterocycles. The molecule has 3 nitrogen and oxygen atoms in total. The number of ether oxygens (including phenoxy) is 2. The number of esters is 1. The van der Waals surface area contributed by atoms with Gasteiger partial charge in [0.15, 0.2) is 0 Å². The summed E-state index contributed by atoms with van der Waals surface area (Å²) in [6, 6.07) is 6.99. The highest BCUT2D eigenvalue weighted by Gasteiger charge is 2.11. The molecule has 19 heavy (non-hydrogen) atoms. The van der Waals surface area contributed by atoms with E-state index in [0.29, 0.717) is 5.56 Å². The van der Waals surface area contributed by atoms with Gasteiger partial charge in [-0.05, 0) is 44.0 Å². The summed E-state index contributed by atoms with van der Waals surface area (Å²) in [5.41, 5.74) is 0.571. The smallest absolute Gasteiger partial charge is 0.338 e. The lowest BCUT2D eigenvalue weighted by Crippen LogP contribution is -2.15. The Morgan fingerprint density at radius 2 is 1.84 bits per heavy atom. The molecule has 0 radical (unpaired) electrons. The highest BCUT2D eigenvalue weighted by Crippen LogP contribution is 2.14. The molecule has 3 heteroatoms. The first-order valence-electron chi connectivity index (χ1n) is 7.02. The van der Waals surface area contributed by atoms with E-state index in [1.165, 1.54) is 19.3 Å². The molecule has 0 aliphatic carbocycles. The first kappa shape index (κ1) is 15.5. The van der Waals surface area contributed by atoms with Gasteiger partial charge >= 0.3 is 5.97 Å². The molecule has 0 spiro atoms. The van der Waals surface area contributed by atoms with E-state index in [0.717, 1.165) is 18.6 Å². The maximum absolute atomic E-state index is 11.9. The van der Waals surface area contributed by atoms with Crippen molar-refractivity contribution in [1.82, 2.24) is 0 Å². The highest BCUT2D eigenvalue weighted by molar-refractivity contribution is 5.89. The predicted molar refractivity (Wildman–Crippen MR) is 76.6 cm³/mol. The number of carbonyl (C=O) groups excluding carboxylic acids is 1. The number of hydrogen-bond acceptors (Lipinski definition) is 3. The molecule has 0 fully saturated rings. The van der Waals surface area contributed by atoms with Crippen molar-refractivity contribution in [3.05, 3.63) is 29.8 Å². The molecule has 0 unspecified atom stereocenters. The summed E-state index contributed by atoms with van der Waals surface area (Å²) in [5.74, 6) is 0.481. The molecule has 0 bridgehead atoms. The third-order valence-corrected chi connectivity index (χ3v) is 3.10. The second kappa shape index (κ2) is 8.57. The Labute approximate surface area is 115 Å². The van der Waals surface area contributed by atoms with Crippen molar-refractivity contribution in [2.75, 3.05) is 7.11 Å². The zero-order valence-electron chi connectivity index (χ0n) is 12.1. The number of rotatable bonds is 8. The first-order chi connectivity index (χ1) is 9.17. The Balaban J connectivity index is 2.36. The second-order valence-corrected chi connectivity index (χ2v) is 4.79. The van der Waals surface area contributed by atoms with Crippen LogP contribution >= 0.6 is 0 Å². The van der Waals surface area contributed by atoms with E-state index >= 15 is 0 Å². The van der Waals surface area contributed by atoms with Gasteiger partial charge in [0.25, 0.3) is 0 Å². The molecule has 0 aliphatic heterocycles. The van der Waals surface area contributed by atoms with Gasteiger partial charge in [0.1, 0.15) is 5.75 Å². The molecule has 0 amide bonds. The Morgan fingerprint density at radius 1 is 1.16 bits per heavy atom. The van der Waals surface area contributed by atoms with E-state index in [2.05, 4.69) is 6.92 Å². The van der Waals surface area contributed by atoms with Crippen molar-refractivity contribution in [3.63, 3.8) is 0 Å². The van der Waals surface area contributed by atoms with Gasteiger partial charge in [-0.2, -0.15) is 0 Å². The summed E-state index contributed by atoms with van der Waals surface area (Å²) in [5, 5.41) is 0. The maximum Gasteiger partial charge on any atom is 0.338 e. The van der Waals surface area contributed by atoms with Gasteiger partial charge in [0.2, 0.25) is 0 Å². The summed E-state index contributed by atoms with van der Waals surface area (Å²) in [7, 11) is 1.60. The molecule has 106 valence electrons. The van der Waals surface area contributed by atoms with Gasteiger partial charge in [-0.1, -0.05) is 26.2 Å². The SMILES string of the molecule is CCCCCC[C@H](C)OC(=O)c1ccc(OC)cc1. The van der Waals surface area contributed by atoms with Crippen LogP contribution in [0.3, 0.4) is 0 Å². The van der Waals surface area contributed by atoms with Crippen LogP contribution in [-0.4, -0.2) is 19.2 Å². The van der Waals surface area contributed by atoms with Crippen molar-refractivity contribution in [2.24, 2.45) is 0 Å². The first-order valence-corrected chi connectivity index (χ1v) is 7.02. The molecule has 0 saturated carbocycles. The third-order valence-electron chi connectivity index (χ3n) is 3.10. The summed E-state index contributed by atoms with van der Waals surface area (Å²) < 4.78 is 10.5. The summed E-state index contributed by atoms with van der Waals surface area (Å²) in [6.45, 7) is 4.14. The molecule has 1 aromatic rings. The predicted octanol–water partition coefficient (Wildman–Crippen LogP) is 4.21. The van der Waals surface area contributed by atoms with Crippen LogP contribution in [0.5, 0.6) is 5.75 Å². The molecule has 0 aromatic heterocycles. The van der Waals surface area contributed by atoms with E-state index in [9.17, 15) is 4.79 Å². The fraction of sp³-hybridized carbons (Fsp3) is 0.562. The van der Waals surface area contributed by atoms with Crippen molar-refractivity contribution >= 4 is 5.97 Å². The number of carbonyl (C=O) groups is 1. The van der Waals surface area contributed by atoms with Crippen LogP contribution in [0.15, 0.2) is 24.3 Å². The van der Waals surface area contributed by atoms with E-state index in [4.69, 9.17) is 9.47 Å². The van der Waals surface area contributed by atoms with Gasteiger partial charge in [0.05, 0.1) is 18.8 Å². The number of benzene rings is 1. The van der Waals surface area contributed by atoms with Crippen LogP contribution in [-0.2, 0) is 4.74 Å². The fourth-order valence-electron chi connectivity index (χ4n) is 1.90. The average Bonchev–Trinajstić information content (AvgIpc) is 2.43. The summed E-state index contributed by atoms with van der Waals surface area (Å²) >= 11 is 0. The lowest BCUT2D eigenvalue weighted by molar-refractivity contribution is 0.0319. The minimum Gasteiger partial charge on any atom is -0.497 e. The van der Waals surface area contributed by atoms with Crippen molar-refractivity contribution in [1.29, 1.82) is 0 Å². The maximum atomic E-state index is 11.9. The second-order valence-electron chi connectivity index (χ2n) is 4.79. The topological polar surface area (TPSA) is 35.5 Å². The van der Waals surface area contributed by atoms with Crippen LogP contribution in [0.1, 0.15) is 56.3 Å². The van der Waals surface area contributed by atoms with E-state index < -0.39 is 0 Å². The largest absolute Gasteiger partial charge is 0.497 e. The monoisotopic (exact) mass is 264 g/mol. The van der Waals surface area contributed by atoms with Crippen molar-refractivity contribution in [3.8, 4) is 5.75 Å². The third kappa shape index (κ3) is 5.77. The molecule has 1 aromatic carbocycles. The van der Waals surface area contributed by atoms with Crippen molar-refractivity contribution in [2.45, 2.75) is 52.1 Å². The van der Waals surface area contributed by atoms with Crippen LogP contribution in [0.2, 0.25) is 0 Å². The average molecular weight is 264 g/mol. The standard InChI is InChI=1S/C16H24O3/c1-4-5-6-7-8-13(2)19-16(17)14-9-11-15(18-3)12-10-14/h9-13H,4-8H2,1-3H3/t13-/m0/s1. The molecule has 1 atom stereocenters. The number of methoxy groups -OCH3 is 1. The van der Waals surface area contributed by atoms with Gasteiger partial charge in [-0.3, -0.25) is 0 Å². The Morgan fingerprint density at radius 3 is 2.42 bits per heavy atom. The Hall–Kier alpha value is -1.51. The Kier molecular flexibility index (Phi) is 7.01. The van der Waals surface area contributed by atoms with E-state index in [-0.39, 0.29) is 12.1 Å². The van der Waals surface area contributed by atoms with Crippen LogP contribution in [0, 0.1) is 0 Å². The minimum atomic E-state index is -0.259. The van der Waals surface area contributed by atoms with Gasteiger partial charge in [0, 0.05) is 0 Å². The van der Waals surface area contributed by atoms with Gasteiger partial charge in [-0.15, -0.1) is 0 Å². The number of unbranched alkanes of at least 4 members (excludes halogenated alkanes) is 3. The van der Waals surface area contributed by atoms with Crippen LogP contribution < -0.4 is 4.74 Å². The van der Waals surface area contributed by atoms with Crippen LogP contribution in [0.25, 0.3) is 0 Å². The molecular weight excluding hydrogens is 240 g/mol.